The Morgan fingerprint density at radius 3 is 2.22 bits per heavy atom. The predicted molar refractivity (Wildman–Crippen MR) is 115 cm³/mol. The first-order valence-electron chi connectivity index (χ1n) is 10.8. The molecule has 0 bridgehead atoms. The van der Waals surface area contributed by atoms with Crippen molar-refractivity contribution in [1.29, 1.82) is 0 Å². The first-order valence-corrected chi connectivity index (χ1v) is 10.8. The van der Waals surface area contributed by atoms with Crippen LogP contribution in [0.2, 0.25) is 0 Å². The van der Waals surface area contributed by atoms with Crippen LogP contribution in [0.5, 0.6) is 0 Å². The molecule has 0 radical (unpaired) electrons. The summed E-state index contributed by atoms with van der Waals surface area (Å²) in [7, 11) is 0. The number of carbonyl (C=O) groups is 1. The summed E-state index contributed by atoms with van der Waals surface area (Å²) in [6.45, 7) is 1.62. The molecule has 172 valence electrons. The lowest BCUT2D eigenvalue weighted by molar-refractivity contribution is -0.459. The largest absolute Gasteiger partial charge is 0.394 e. The van der Waals surface area contributed by atoms with Gasteiger partial charge in [-0.15, -0.1) is 0 Å². The quantitative estimate of drug-likeness (QED) is 0.308. The molecule has 2 fully saturated rings. The standard InChI is InChI=1S/C24H29NO7/c1-2-12-25-21(29)16-10-8-14(9-11-16)18-20(28)23(31)19(15-6-4-3-5-7-15)22(30,17(27)13-26)24(18,23)32/h3-11,17-20,26-28,30-32H,2,12-13H2,1H3,(H,25,29)/t17-,18?,19?,20?,22+,23+,24+/m1/s1. The molecular weight excluding hydrogens is 414 g/mol. The molecule has 0 saturated heterocycles. The van der Waals surface area contributed by atoms with Crippen LogP contribution in [0.25, 0.3) is 0 Å². The second-order valence-electron chi connectivity index (χ2n) is 8.76. The van der Waals surface area contributed by atoms with E-state index in [1.54, 1.807) is 30.3 Å². The summed E-state index contributed by atoms with van der Waals surface area (Å²) >= 11 is 0. The Kier molecular flexibility index (Phi) is 5.65. The van der Waals surface area contributed by atoms with E-state index in [1.807, 2.05) is 6.92 Å². The number of aliphatic hydroxyl groups excluding tert-OH is 3. The maximum atomic E-state index is 12.2. The van der Waals surface area contributed by atoms with Crippen molar-refractivity contribution in [3.8, 4) is 0 Å². The molecule has 8 heteroatoms. The van der Waals surface area contributed by atoms with Gasteiger partial charge in [-0.25, -0.2) is 0 Å². The number of carbonyl (C=O) groups excluding carboxylic acids is 1. The number of hydrogen-bond acceptors (Lipinski definition) is 7. The van der Waals surface area contributed by atoms with Crippen LogP contribution >= 0.6 is 0 Å². The van der Waals surface area contributed by atoms with E-state index < -0.39 is 47.5 Å². The summed E-state index contributed by atoms with van der Waals surface area (Å²) in [5.74, 6) is -2.64. The Bertz CT molecular complexity index is 984. The predicted octanol–water partition coefficient (Wildman–Crippen LogP) is -0.372. The van der Waals surface area contributed by atoms with Crippen LogP contribution in [-0.4, -0.2) is 78.7 Å². The zero-order valence-corrected chi connectivity index (χ0v) is 17.7. The van der Waals surface area contributed by atoms with Crippen LogP contribution in [0.1, 0.15) is 46.7 Å². The maximum absolute atomic E-state index is 12.2. The van der Waals surface area contributed by atoms with Gasteiger partial charge in [0.2, 0.25) is 0 Å². The van der Waals surface area contributed by atoms with E-state index in [4.69, 9.17) is 0 Å². The van der Waals surface area contributed by atoms with E-state index in [-0.39, 0.29) is 5.91 Å². The SMILES string of the molecule is CCCNC(=O)c1ccc(C2C(O)[C@@]3(O)C(c4ccccc4)[C@@](O)([C@H](O)CO)[C@@]23O)cc1. The highest BCUT2D eigenvalue weighted by molar-refractivity contribution is 5.94. The van der Waals surface area contributed by atoms with E-state index >= 15 is 0 Å². The van der Waals surface area contributed by atoms with Gasteiger partial charge < -0.3 is 36.0 Å². The number of benzene rings is 2. The van der Waals surface area contributed by atoms with Gasteiger partial charge in [0.25, 0.3) is 5.91 Å². The minimum Gasteiger partial charge on any atom is -0.394 e. The molecule has 2 aliphatic rings. The van der Waals surface area contributed by atoms with Crippen molar-refractivity contribution >= 4 is 5.91 Å². The van der Waals surface area contributed by atoms with Crippen molar-refractivity contribution in [2.45, 2.75) is 54.2 Å². The Hall–Kier alpha value is -2.33. The fourth-order valence-electron chi connectivity index (χ4n) is 5.64. The molecule has 2 saturated carbocycles. The molecule has 32 heavy (non-hydrogen) atoms. The Balaban J connectivity index is 1.71. The Morgan fingerprint density at radius 1 is 1.03 bits per heavy atom. The number of hydrogen-bond donors (Lipinski definition) is 7. The van der Waals surface area contributed by atoms with Gasteiger partial charge in [-0.3, -0.25) is 4.79 Å². The number of aliphatic hydroxyl groups is 6. The molecule has 0 aliphatic heterocycles. The van der Waals surface area contributed by atoms with E-state index in [9.17, 15) is 35.4 Å². The Labute approximate surface area is 185 Å². The molecule has 4 rings (SSSR count). The normalized spacial score (nSPS) is 36.4. The molecule has 0 spiro atoms. The number of nitrogens with one attached hydrogen (secondary N) is 1. The van der Waals surface area contributed by atoms with Gasteiger partial charge in [-0.1, -0.05) is 49.4 Å². The van der Waals surface area contributed by atoms with Crippen molar-refractivity contribution in [3.63, 3.8) is 0 Å². The molecule has 2 aromatic rings. The van der Waals surface area contributed by atoms with E-state index in [0.29, 0.717) is 23.2 Å². The number of rotatable bonds is 7. The van der Waals surface area contributed by atoms with Crippen LogP contribution in [0.4, 0.5) is 0 Å². The van der Waals surface area contributed by atoms with Crippen LogP contribution < -0.4 is 5.32 Å². The molecule has 2 aromatic carbocycles. The zero-order chi connectivity index (χ0) is 23.3. The molecule has 2 aliphatic carbocycles. The van der Waals surface area contributed by atoms with Gasteiger partial charge in [0.1, 0.15) is 22.9 Å². The van der Waals surface area contributed by atoms with Gasteiger partial charge in [-0.05, 0) is 29.7 Å². The van der Waals surface area contributed by atoms with Gasteiger partial charge >= 0.3 is 0 Å². The van der Waals surface area contributed by atoms with Crippen LogP contribution in [0.15, 0.2) is 54.6 Å². The lowest BCUT2D eigenvalue weighted by atomic mass is 9.30. The summed E-state index contributed by atoms with van der Waals surface area (Å²) in [6.07, 6.45) is -2.44. The third-order valence-electron chi connectivity index (χ3n) is 7.20. The Morgan fingerprint density at radius 2 is 1.66 bits per heavy atom. The third-order valence-corrected chi connectivity index (χ3v) is 7.20. The highest BCUT2D eigenvalue weighted by atomic mass is 16.5. The second kappa shape index (κ2) is 7.91. The van der Waals surface area contributed by atoms with Crippen molar-refractivity contribution in [2.24, 2.45) is 0 Å². The van der Waals surface area contributed by atoms with Crippen molar-refractivity contribution in [1.82, 2.24) is 5.32 Å². The number of fused-ring (bicyclic) bond motifs is 1. The average Bonchev–Trinajstić information content (AvgIpc) is 2.82. The van der Waals surface area contributed by atoms with Crippen LogP contribution in [-0.2, 0) is 0 Å². The number of amides is 1. The van der Waals surface area contributed by atoms with Gasteiger partial charge in [0.05, 0.1) is 18.6 Å². The monoisotopic (exact) mass is 443 g/mol. The second-order valence-corrected chi connectivity index (χ2v) is 8.76. The summed E-state index contributed by atoms with van der Waals surface area (Å²) in [5, 5.41) is 68.2. The highest BCUT2D eigenvalue weighted by Crippen LogP contribution is 2.75. The molecule has 7 atom stereocenters. The first-order chi connectivity index (χ1) is 15.2. The average molecular weight is 443 g/mol. The molecule has 8 nitrogen and oxygen atoms in total. The van der Waals surface area contributed by atoms with Gasteiger partial charge in [0, 0.05) is 18.0 Å². The molecule has 0 aromatic heterocycles. The maximum Gasteiger partial charge on any atom is 0.251 e. The topological polar surface area (TPSA) is 150 Å². The van der Waals surface area contributed by atoms with E-state index in [2.05, 4.69) is 5.32 Å². The zero-order valence-electron chi connectivity index (χ0n) is 17.7. The van der Waals surface area contributed by atoms with E-state index in [0.717, 1.165) is 6.42 Å². The molecule has 3 unspecified atom stereocenters. The van der Waals surface area contributed by atoms with Gasteiger partial charge in [0.15, 0.2) is 0 Å². The minimum absolute atomic E-state index is 0.261. The van der Waals surface area contributed by atoms with Crippen molar-refractivity contribution in [3.05, 3.63) is 71.3 Å². The molecular formula is C24H29NO7. The molecule has 1 amide bonds. The lowest BCUT2D eigenvalue weighted by Gasteiger charge is -2.80. The van der Waals surface area contributed by atoms with Crippen LogP contribution in [0.3, 0.4) is 0 Å². The minimum atomic E-state index is -2.33. The fourth-order valence-corrected chi connectivity index (χ4v) is 5.64. The third kappa shape index (κ3) is 2.68. The molecule has 7 N–H and O–H groups in total. The van der Waals surface area contributed by atoms with Crippen molar-refractivity contribution < 1.29 is 35.4 Å². The summed E-state index contributed by atoms with van der Waals surface area (Å²) in [5.41, 5.74) is -5.60. The highest BCUT2D eigenvalue weighted by Gasteiger charge is 2.93. The van der Waals surface area contributed by atoms with Crippen LogP contribution in [0, 0.1) is 0 Å². The summed E-state index contributed by atoms with van der Waals surface area (Å²) in [6, 6.07) is 14.4. The first kappa shape index (κ1) is 22.8. The van der Waals surface area contributed by atoms with Crippen molar-refractivity contribution in [2.75, 3.05) is 13.2 Å². The molecule has 0 heterocycles. The smallest absolute Gasteiger partial charge is 0.251 e. The van der Waals surface area contributed by atoms with Gasteiger partial charge in [-0.2, -0.15) is 0 Å². The fraction of sp³-hybridized carbons (Fsp3) is 0.458. The lowest BCUT2D eigenvalue weighted by Crippen LogP contribution is -2.99. The van der Waals surface area contributed by atoms with E-state index in [1.165, 1.54) is 24.3 Å². The summed E-state index contributed by atoms with van der Waals surface area (Å²) < 4.78 is 0. The summed E-state index contributed by atoms with van der Waals surface area (Å²) in [4.78, 5) is 12.2.